The van der Waals surface area contributed by atoms with Gasteiger partial charge in [-0.15, -0.1) is 10.2 Å². The first kappa shape index (κ1) is 12.7. The van der Waals surface area contributed by atoms with Crippen LogP contribution in [0.25, 0.3) is 11.0 Å². The number of hydrogen-bond acceptors (Lipinski definition) is 5. The Kier molecular flexibility index (Phi) is 4.41. The summed E-state index contributed by atoms with van der Waals surface area (Å²) in [6, 6.07) is 7.72. The van der Waals surface area contributed by atoms with E-state index >= 15 is 0 Å². The lowest BCUT2D eigenvalue weighted by Crippen LogP contribution is -2.13. The van der Waals surface area contributed by atoms with Crippen LogP contribution in [0.5, 0.6) is 0 Å². The highest BCUT2D eigenvalue weighted by atomic mass is 15.2. The summed E-state index contributed by atoms with van der Waals surface area (Å²) in [4.78, 5) is 4.40. The van der Waals surface area contributed by atoms with Crippen molar-refractivity contribution < 1.29 is 0 Å². The standard InChI is InChI=1S/C13H19N5/c1-10(9-14)5-4-8-15-13-16-11-6-2-3-7-12(11)17-18-13/h2-3,6-7,10H,4-5,8-9,14H2,1H3,(H,15,16,18). The lowest BCUT2D eigenvalue weighted by molar-refractivity contribution is 0.529. The van der Waals surface area contributed by atoms with Gasteiger partial charge in [0.05, 0.1) is 5.52 Å². The molecule has 0 aliphatic rings. The van der Waals surface area contributed by atoms with E-state index in [1.54, 1.807) is 0 Å². The van der Waals surface area contributed by atoms with Crippen LogP contribution in [-0.2, 0) is 0 Å². The number of hydrogen-bond donors (Lipinski definition) is 2. The van der Waals surface area contributed by atoms with E-state index in [-0.39, 0.29) is 0 Å². The van der Waals surface area contributed by atoms with E-state index in [1.807, 2.05) is 24.3 Å². The van der Waals surface area contributed by atoms with Gasteiger partial charge in [-0.05, 0) is 37.4 Å². The Morgan fingerprint density at radius 1 is 1.22 bits per heavy atom. The molecule has 0 amide bonds. The summed E-state index contributed by atoms with van der Waals surface area (Å²) in [5.41, 5.74) is 7.26. The molecule has 96 valence electrons. The number of benzene rings is 1. The predicted octanol–water partition coefficient (Wildman–Crippen LogP) is 1.81. The zero-order valence-corrected chi connectivity index (χ0v) is 10.6. The molecule has 1 atom stereocenters. The average molecular weight is 245 g/mol. The maximum absolute atomic E-state index is 5.57. The van der Waals surface area contributed by atoms with Gasteiger partial charge >= 0.3 is 0 Å². The van der Waals surface area contributed by atoms with Crippen molar-refractivity contribution in [2.75, 3.05) is 18.4 Å². The molecule has 3 N–H and O–H groups in total. The van der Waals surface area contributed by atoms with Crippen LogP contribution in [0.15, 0.2) is 24.3 Å². The van der Waals surface area contributed by atoms with E-state index in [0.29, 0.717) is 11.9 Å². The van der Waals surface area contributed by atoms with Gasteiger partial charge in [0.2, 0.25) is 5.95 Å². The minimum atomic E-state index is 0.572. The first-order valence-corrected chi connectivity index (χ1v) is 6.33. The summed E-state index contributed by atoms with van der Waals surface area (Å²) < 4.78 is 0. The molecule has 0 aliphatic carbocycles. The number of nitrogens with two attached hydrogens (primary N) is 1. The Balaban J connectivity index is 1.88. The lowest BCUT2D eigenvalue weighted by atomic mass is 10.1. The van der Waals surface area contributed by atoms with E-state index < -0.39 is 0 Å². The van der Waals surface area contributed by atoms with Crippen LogP contribution in [0.4, 0.5) is 5.95 Å². The first-order chi connectivity index (χ1) is 8.79. The van der Waals surface area contributed by atoms with E-state index in [0.717, 1.165) is 37.0 Å². The van der Waals surface area contributed by atoms with Crippen LogP contribution >= 0.6 is 0 Å². The van der Waals surface area contributed by atoms with Crippen molar-refractivity contribution >= 4 is 17.0 Å². The number of fused-ring (bicyclic) bond motifs is 1. The zero-order valence-electron chi connectivity index (χ0n) is 10.6. The normalized spacial score (nSPS) is 12.6. The summed E-state index contributed by atoms with van der Waals surface area (Å²) in [5, 5.41) is 11.4. The van der Waals surface area contributed by atoms with Crippen molar-refractivity contribution in [2.45, 2.75) is 19.8 Å². The fourth-order valence-electron chi connectivity index (χ4n) is 1.72. The Morgan fingerprint density at radius 2 is 2.00 bits per heavy atom. The van der Waals surface area contributed by atoms with Crippen LogP contribution in [0, 0.1) is 5.92 Å². The lowest BCUT2D eigenvalue weighted by Gasteiger charge is -2.08. The number of nitrogens with one attached hydrogen (secondary N) is 1. The van der Waals surface area contributed by atoms with Crippen molar-refractivity contribution in [2.24, 2.45) is 11.7 Å². The van der Waals surface area contributed by atoms with Crippen molar-refractivity contribution in [3.63, 3.8) is 0 Å². The minimum absolute atomic E-state index is 0.572. The molecular formula is C13H19N5. The molecule has 1 aromatic carbocycles. The van der Waals surface area contributed by atoms with Crippen molar-refractivity contribution in [3.05, 3.63) is 24.3 Å². The number of anilines is 1. The quantitative estimate of drug-likeness (QED) is 0.759. The highest BCUT2D eigenvalue weighted by molar-refractivity contribution is 5.73. The molecule has 18 heavy (non-hydrogen) atoms. The predicted molar refractivity (Wildman–Crippen MR) is 73.3 cm³/mol. The molecule has 1 unspecified atom stereocenters. The van der Waals surface area contributed by atoms with Gasteiger partial charge in [0.15, 0.2) is 0 Å². The highest BCUT2D eigenvalue weighted by Crippen LogP contribution is 2.09. The molecule has 0 radical (unpaired) electrons. The maximum atomic E-state index is 5.57. The molecule has 0 bridgehead atoms. The summed E-state index contributed by atoms with van der Waals surface area (Å²) in [6.45, 7) is 3.76. The van der Waals surface area contributed by atoms with Gasteiger partial charge in [0.25, 0.3) is 0 Å². The first-order valence-electron chi connectivity index (χ1n) is 6.33. The second kappa shape index (κ2) is 6.26. The third-order valence-corrected chi connectivity index (χ3v) is 2.92. The summed E-state index contributed by atoms with van der Waals surface area (Å²) in [6.07, 6.45) is 2.18. The Bertz CT molecular complexity index is 499. The molecule has 2 aromatic rings. The summed E-state index contributed by atoms with van der Waals surface area (Å²) in [7, 11) is 0. The van der Waals surface area contributed by atoms with Gasteiger partial charge in [-0.25, -0.2) is 4.98 Å². The smallest absolute Gasteiger partial charge is 0.243 e. The fourth-order valence-corrected chi connectivity index (χ4v) is 1.72. The zero-order chi connectivity index (χ0) is 12.8. The fraction of sp³-hybridized carbons (Fsp3) is 0.462. The average Bonchev–Trinajstić information content (AvgIpc) is 2.43. The molecule has 0 saturated carbocycles. The molecule has 0 fully saturated rings. The van der Waals surface area contributed by atoms with Gasteiger partial charge in [-0.2, -0.15) is 0 Å². The Hall–Kier alpha value is -1.75. The van der Waals surface area contributed by atoms with Crippen molar-refractivity contribution in [3.8, 4) is 0 Å². The number of rotatable bonds is 6. The van der Waals surface area contributed by atoms with E-state index in [4.69, 9.17) is 5.73 Å². The molecular weight excluding hydrogens is 226 g/mol. The van der Waals surface area contributed by atoms with Crippen LogP contribution in [0.3, 0.4) is 0 Å². The SMILES string of the molecule is CC(CN)CCCNc1nnc2ccccc2n1. The Morgan fingerprint density at radius 3 is 2.78 bits per heavy atom. The highest BCUT2D eigenvalue weighted by Gasteiger charge is 2.01. The monoisotopic (exact) mass is 245 g/mol. The molecule has 0 spiro atoms. The summed E-state index contributed by atoms with van der Waals surface area (Å²) >= 11 is 0. The van der Waals surface area contributed by atoms with Crippen LogP contribution in [0.1, 0.15) is 19.8 Å². The largest absolute Gasteiger partial charge is 0.353 e. The molecule has 0 aliphatic heterocycles. The van der Waals surface area contributed by atoms with E-state index in [2.05, 4.69) is 27.4 Å². The summed E-state index contributed by atoms with van der Waals surface area (Å²) in [5.74, 6) is 1.16. The molecule has 2 rings (SSSR count). The van der Waals surface area contributed by atoms with Gasteiger partial charge in [-0.3, -0.25) is 0 Å². The van der Waals surface area contributed by atoms with Gasteiger partial charge in [0, 0.05) is 6.54 Å². The van der Waals surface area contributed by atoms with E-state index in [1.165, 1.54) is 0 Å². The van der Waals surface area contributed by atoms with E-state index in [9.17, 15) is 0 Å². The molecule has 0 saturated heterocycles. The van der Waals surface area contributed by atoms with Crippen LogP contribution < -0.4 is 11.1 Å². The van der Waals surface area contributed by atoms with Gasteiger partial charge < -0.3 is 11.1 Å². The molecule has 5 nitrogen and oxygen atoms in total. The topological polar surface area (TPSA) is 76.7 Å². The minimum Gasteiger partial charge on any atom is -0.353 e. The second-order valence-corrected chi connectivity index (χ2v) is 4.53. The van der Waals surface area contributed by atoms with Gasteiger partial charge in [-0.1, -0.05) is 19.1 Å². The third kappa shape index (κ3) is 3.37. The maximum Gasteiger partial charge on any atom is 0.243 e. The Labute approximate surface area is 107 Å². The molecule has 1 heterocycles. The van der Waals surface area contributed by atoms with Crippen LogP contribution in [-0.4, -0.2) is 28.3 Å². The second-order valence-electron chi connectivity index (χ2n) is 4.53. The number of nitrogens with zero attached hydrogens (tertiary/aromatic N) is 3. The van der Waals surface area contributed by atoms with Gasteiger partial charge in [0.1, 0.15) is 5.52 Å². The number of para-hydroxylation sites is 1. The molecule has 1 aromatic heterocycles. The molecule has 5 heteroatoms. The third-order valence-electron chi connectivity index (χ3n) is 2.92. The van der Waals surface area contributed by atoms with Crippen molar-refractivity contribution in [1.29, 1.82) is 0 Å². The number of aromatic nitrogens is 3. The van der Waals surface area contributed by atoms with Crippen LogP contribution in [0.2, 0.25) is 0 Å². The van der Waals surface area contributed by atoms with Crippen molar-refractivity contribution in [1.82, 2.24) is 15.2 Å².